The summed E-state index contributed by atoms with van der Waals surface area (Å²) in [6, 6.07) is 13.9. The number of amides is 1. The molecule has 170 valence electrons. The van der Waals surface area contributed by atoms with Crippen LogP contribution in [0.5, 0.6) is 0 Å². The zero-order valence-electron chi connectivity index (χ0n) is 17.5. The van der Waals surface area contributed by atoms with Crippen molar-refractivity contribution in [3.63, 3.8) is 0 Å². The van der Waals surface area contributed by atoms with Crippen LogP contribution in [0.25, 0.3) is 10.9 Å². The maximum absolute atomic E-state index is 13.3. The van der Waals surface area contributed by atoms with Crippen molar-refractivity contribution >= 4 is 39.8 Å². The molecule has 11 heteroatoms. The van der Waals surface area contributed by atoms with Gasteiger partial charge in [-0.2, -0.15) is 5.10 Å². The Morgan fingerprint density at radius 2 is 2.00 bits per heavy atom. The van der Waals surface area contributed by atoms with E-state index in [4.69, 9.17) is 16.0 Å². The molecule has 4 aromatic rings. The fourth-order valence-corrected chi connectivity index (χ4v) is 3.98. The average molecular weight is 478 g/mol. The van der Waals surface area contributed by atoms with Crippen LogP contribution < -0.4 is 5.56 Å². The van der Waals surface area contributed by atoms with Gasteiger partial charge >= 0.3 is 0 Å². The topological polar surface area (TPSA) is 124 Å². The Bertz CT molecular complexity index is 1490. The number of benzene rings is 2. The van der Waals surface area contributed by atoms with Crippen LogP contribution in [0.3, 0.4) is 0 Å². The largest absolute Gasteiger partial charge is 0.467 e. The van der Waals surface area contributed by atoms with Gasteiger partial charge in [0.15, 0.2) is 0 Å². The van der Waals surface area contributed by atoms with E-state index in [9.17, 15) is 19.7 Å². The molecule has 0 fully saturated rings. The van der Waals surface area contributed by atoms with E-state index in [1.54, 1.807) is 24.3 Å². The Labute approximate surface area is 196 Å². The van der Waals surface area contributed by atoms with Gasteiger partial charge in [-0.25, -0.2) is 9.99 Å². The van der Waals surface area contributed by atoms with Gasteiger partial charge in [0.05, 0.1) is 34.1 Å². The molecule has 0 unspecified atom stereocenters. The molecule has 2 aromatic carbocycles. The number of non-ortho nitro benzene ring substituents is 1. The Kier molecular flexibility index (Phi) is 5.42. The smallest absolute Gasteiger partial charge is 0.270 e. The maximum Gasteiger partial charge on any atom is 0.270 e. The minimum atomic E-state index is -0.591. The number of furan rings is 1. The van der Waals surface area contributed by atoms with Crippen molar-refractivity contribution in [3.8, 4) is 0 Å². The third kappa shape index (κ3) is 3.95. The summed E-state index contributed by atoms with van der Waals surface area (Å²) in [7, 11) is 0. The molecule has 10 nitrogen and oxygen atoms in total. The Morgan fingerprint density at radius 3 is 2.71 bits per heavy atom. The predicted octanol–water partition coefficient (Wildman–Crippen LogP) is 3.93. The number of hydrogen-bond acceptors (Lipinski definition) is 7. The first kappa shape index (κ1) is 21.5. The first-order valence-corrected chi connectivity index (χ1v) is 10.6. The average Bonchev–Trinajstić information content (AvgIpc) is 3.51. The van der Waals surface area contributed by atoms with E-state index < -0.39 is 22.4 Å². The maximum atomic E-state index is 13.3. The summed E-state index contributed by atoms with van der Waals surface area (Å²) in [5.74, 6) is 0.0970. The molecule has 0 radical (unpaired) electrons. The van der Waals surface area contributed by atoms with Crippen molar-refractivity contribution in [2.75, 3.05) is 0 Å². The van der Waals surface area contributed by atoms with Gasteiger partial charge in [-0.05, 0) is 35.9 Å². The zero-order chi connectivity index (χ0) is 23.8. The molecular formula is C23H16ClN5O5. The number of aromatic nitrogens is 2. The standard InChI is InChI=1S/C23H16ClN5O5/c24-15-5-3-14(4-6-15)19-11-20(21-2-1-9-34-21)28(26-19)22(30)12-27-13-25-18-8-7-16(29(32)33)10-17(18)23(27)31/h1-10,13,20H,11-12H2/t20-/m1/s1. The van der Waals surface area contributed by atoms with E-state index in [-0.39, 0.29) is 17.6 Å². The molecule has 0 spiro atoms. The zero-order valence-corrected chi connectivity index (χ0v) is 18.3. The fourth-order valence-electron chi connectivity index (χ4n) is 3.85. The number of fused-ring (bicyclic) bond motifs is 1. The molecule has 5 rings (SSSR count). The molecule has 0 saturated heterocycles. The minimum absolute atomic E-state index is 0.0545. The number of hydrogen-bond donors (Lipinski definition) is 0. The summed E-state index contributed by atoms with van der Waals surface area (Å²) in [5.41, 5.74) is 0.999. The van der Waals surface area contributed by atoms with Crippen molar-refractivity contribution in [2.45, 2.75) is 19.0 Å². The highest BCUT2D eigenvalue weighted by Crippen LogP contribution is 2.33. The molecule has 1 aliphatic heterocycles. The quantitative estimate of drug-likeness (QED) is 0.317. The van der Waals surface area contributed by atoms with Gasteiger partial charge in [0.1, 0.15) is 18.3 Å². The van der Waals surface area contributed by atoms with E-state index >= 15 is 0 Å². The summed E-state index contributed by atoms with van der Waals surface area (Å²) in [6.07, 6.45) is 3.18. The molecule has 0 N–H and O–H groups in total. The molecule has 1 amide bonds. The van der Waals surface area contributed by atoms with Gasteiger partial charge < -0.3 is 4.42 Å². The van der Waals surface area contributed by atoms with Gasteiger partial charge in [0.25, 0.3) is 17.2 Å². The summed E-state index contributed by atoms with van der Waals surface area (Å²) in [6.45, 7) is -0.348. The van der Waals surface area contributed by atoms with Crippen molar-refractivity contribution in [1.82, 2.24) is 14.6 Å². The van der Waals surface area contributed by atoms with Crippen molar-refractivity contribution in [3.05, 3.63) is 104 Å². The highest BCUT2D eigenvalue weighted by Gasteiger charge is 2.35. The summed E-state index contributed by atoms with van der Waals surface area (Å²) in [5, 5.41) is 17.6. The SMILES string of the molecule is O=C(Cn1cnc2ccc([N+](=O)[O-])cc2c1=O)N1N=C(c2ccc(Cl)cc2)C[C@@H]1c1ccco1. The number of carbonyl (C=O) groups is 1. The second kappa shape index (κ2) is 8.56. The number of halogens is 1. The Hall–Kier alpha value is -4.31. The van der Waals surface area contributed by atoms with E-state index in [0.717, 1.165) is 16.2 Å². The van der Waals surface area contributed by atoms with Crippen LogP contribution in [0.2, 0.25) is 5.02 Å². The second-order valence-electron chi connectivity index (χ2n) is 7.66. The molecule has 1 aliphatic rings. The summed E-state index contributed by atoms with van der Waals surface area (Å²) in [4.78, 5) is 40.9. The van der Waals surface area contributed by atoms with E-state index in [0.29, 0.717) is 28.4 Å². The predicted molar refractivity (Wildman–Crippen MR) is 124 cm³/mol. The molecule has 0 bridgehead atoms. The van der Waals surface area contributed by atoms with Gasteiger partial charge in [0.2, 0.25) is 0 Å². The second-order valence-corrected chi connectivity index (χ2v) is 8.10. The lowest BCUT2D eigenvalue weighted by Gasteiger charge is -2.20. The van der Waals surface area contributed by atoms with E-state index in [2.05, 4.69) is 10.1 Å². The van der Waals surface area contributed by atoms with Crippen LogP contribution in [0.15, 0.2) is 81.5 Å². The van der Waals surface area contributed by atoms with Gasteiger partial charge in [0, 0.05) is 23.6 Å². The van der Waals surface area contributed by atoms with Crippen molar-refractivity contribution in [1.29, 1.82) is 0 Å². The highest BCUT2D eigenvalue weighted by molar-refractivity contribution is 6.30. The number of nitro groups is 1. The minimum Gasteiger partial charge on any atom is -0.467 e. The first-order chi connectivity index (χ1) is 16.4. The molecule has 3 heterocycles. The van der Waals surface area contributed by atoms with Crippen LogP contribution in [-0.4, -0.2) is 31.1 Å². The Morgan fingerprint density at radius 1 is 1.21 bits per heavy atom. The normalized spacial score (nSPS) is 15.5. The van der Waals surface area contributed by atoms with Crippen LogP contribution >= 0.6 is 11.6 Å². The number of carbonyl (C=O) groups excluding carboxylic acids is 1. The highest BCUT2D eigenvalue weighted by atomic mass is 35.5. The number of nitro benzene ring substituents is 1. The third-order valence-corrected chi connectivity index (χ3v) is 5.79. The van der Waals surface area contributed by atoms with E-state index in [1.165, 1.54) is 29.7 Å². The van der Waals surface area contributed by atoms with Crippen LogP contribution in [0.1, 0.15) is 23.8 Å². The van der Waals surface area contributed by atoms with Crippen molar-refractivity contribution in [2.24, 2.45) is 5.10 Å². The summed E-state index contributed by atoms with van der Waals surface area (Å²) >= 11 is 5.99. The van der Waals surface area contributed by atoms with Gasteiger partial charge in [-0.1, -0.05) is 23.7 Å². The first-order valence-electron chi connectivity index (χ1n) is 10.2. The third-order valence-electron chi connectivity index (χ3n) is 5.54. The van der Waals surface area contributed by atoms with Crippen LogP contribution in [0.4, 0.5) is 5.69 Å². The monoisotopic (exact) mass is 477 g/mol. The van der Waals surface area contributed by atoms with Crippen LogP contribution in [0, 0.1) is 10.1 Å². The molecule has 0 saturated carbocycles. The van der Waals surface area contributed by atoms with Gasteiger partial charge in [-0.15, -0.1) is 0 Å². The number of nitrogens with zero attached hydrogens (tertiary/aromatic N) is 5. The van der Waals surface area contributed by atoms with Gasteiger partial charge in [-0.3, -0.25) is 24.3 Å². The van der Waals surface area contributed by atoms with Crippen molar-refractivity contribution < 1.29 is 14.1 Å². The molecular weight excluding hydrogens is 462 g/mol. The molecule has 34 heavy (non-hydrogen) atoms. The number of hydrazone groups is 1. The van der Waals surface area contributed by atoms with Crippen LogP contribution in [-0.2, 0) is 11.3 Å². The molecule has 2 aromatic heterocycles. The Balaban J connectivity index is 1.48. The molecule has 1 atom stereocenters. The summed E-state index contributed by atoms with van der Waals surface area (Å²) < 4.78 is 6.65. The molecule has 0 aliphatic carbocycles. The lowest BCUT2D eigenvalue weighted by molar-refractivity contribution is -0.384. The fraction of sp³-hybridized carbons (Fsp3) is 0.130. The lowest BCUT2D eigenvalue weighted by atomic mass is 10.0. The van der Waals surface area contributed by atoms with E-state index in [1.807, 2.05) is 12.1 Å². The lowest BCUT2D eigenvalue weighted by Crippen LogP contribution is -2.34. The number of rotatable bonds is 5.